The molecule has 4 heteroatoms. The Kier molecular flexibility index (Phi) is 4.80. The van der Waals surface area contributed by atoms with E-state index in [0.717, 1.165) is 17.1 Å². The minimum Gasteiger partial charge on any atom is -0.384 e. The number of halogens is 1. The summed E-state index contributed by atoms with van der Waals surface area (Å²) in [5.74, 6) is 0.875. The third kappa shape index (κ3) is 3.23. The van der Waals surface area contributed by atoms with Crippen molar-refractivity contribution in [3.8, 4) is 0 Å². The molecule has 0 spiro atoms. The first-order valence-corrected chi connectivity index (χ1v) is 6.30. The zero-order valence-electron chi connectivity index (χ0n) is 9.59. The molecule has 1 aromatic carbocycles. The van der Waals surface area contributed by atoms with Gasteiger partial charge in [-0.3, -0.25) is 5.41 Å². The molecule has 88 valence electrons. The van der Waals surface area contributed by atoms with Crippen LogP contribution < -0.4 is 5.73 Å². The number of nitrogen functional groups attached to an aromatic ring is 1. The van der Waals surface area contributed by atoms with Crippen molar-refractivity contribution in [1.82, 2.24) is 0 Å². The fraction of sp³-hybridized carbons (Fsp3) is 0.417. The fourth-order valence-electron chi connectivity index (χ4n) is 1.24. The third-order valence-corrected chi connectivity index (χ3v) is 3.85. The minimum atomic E-state index is -0.415. The van der Waals surface area contributed by atoms with Crippen LogP contribution in [-0.4, -0.2) is 11.6 Å². The molecular weight excluding hydrogens is 223 g/mol. The quantitative estimate of drug-likeness (QED) is 0.471. The van der Waals surface area contributed by atoms with Crippen LogP contribution in [0.4, 0.5) is 4.39 Å². The van der Waals surface area contributed by atoms with Crippen LogP contribution in [0.5, 0.6) is 0 Å². The van der Waals surface area contributed by atoms with Crippen LogP contribution in [0.15, 0.2) is 23.1 Å². The van der Waals surface area contributed by atoms with Gasteiger partial charge >= 0.3 is 0 Å². The van der Waals surface area contributed by atoms with Crippen LogP contribution in [0.25, 0.3) is 0 Å². The van der Waals surface area contributed by atoms with Crippen molar-refractivity contribution in [2.75, 3.05) is 5.75 Å². The van der Waals surface area contributed by atoms with E-state index in [2.05, 4.69) is 13.8 Å². The predicted molar refractivity (Wildman–Crippen MR) is 67.6 cm³/mol. The van der Waals surface area contributed by atoms with E-state index in [1.807, 2.05) is 6.07 Å². The highest BCUT2D eigenvalue weighted by molar-refractivity contribution is 7.99. The molecule has 1 atom stereocenters. The summed E-state index contributed by atoms with van der Waals surface area (Å²) in [6.45, 7) is 4.28. The Hall–Kier alpha value is -1.03. The molecule has 0 radical (unpaired) electrons. The van der Waals surface area contributed by atoms with Gasteiger partial charge in [0.1, 0.15) is 11.7 Å². The lowest BCUT2D eigenvalue weighted by Gasteiger charge is -2.11. The SMILES string of the molecule is CCC(C)CSc1cccc(F)c1C(=N)N. The van der Waals surface area contributed by atoms with Crippen molar-refractivity contribution in [1.29, 1.82) is 5.41 Å². The van der Waals surface area contributed by atoms with Crippen LogP contribution in [0.1, 0.15) is 25.8 Å². The molecule has 0 bridgehead atoms. The number of hydrogen-bond acceptors (Lipinski definition) is 2. The van der Waals surface area contributed by atoms with Crippen molar-refractivity contribution in [3.05, 3.63) is 29.6 Å². The van der Waals surface area contributed by atoms with Gasteiger partial charge in [-0.2, -0.15) is 0 Å². The van der Waals surface area contributed by atoms with Gasteiger partial charge in [-0.05, 0) is 18.1 Å². The smallest absolute Gasteiger partial charge is 0.135 e. The largest absolute Gasteiger partial charge is 0.384 e. The minimum absolute atomic E-state index is 0.204. The molecule has 0 saturated carbocycles. The summed E-state index contributed by atoms with van der Waals surface area (Å²) >= 11 is 1.56. The molecule has 0 amide bonds. The predicted octanol–water partition coefficient (Wildman–Crippen LogP) is 3.25. The maximum Gasteiger partial charge on any atom is 0.135 e. The zero-order chi connectivity index (χ0) is 12.1. The summed E-state index contributed by atoms with van der Waals surface area (Å²) in [5, 5.41) is 7.37. The molecule has 1 aromatic rings. The van der Waals surface area contributed by atoms with Gasteiger partial charge in [0, 0.05) is 10.6 Å². The second kappa shape index (κ2) is 5.89. The first-order chi connectivity index (χ1) is 7.56. The number of amidine groups is 1. The average molecular weight is 240 g/mol. The summed E-state index contributed by atoms with van der Waals surface area (Å²) in [5.41, 5.74) is 5.62. The van der Waals surface area contributed by atoms with Gasteiger partial charge in [0.15, 0.2) is 0 Å². The van der Waals surface area contributed by atoms with E-state index in [1.165, 1.54) is 6.07 Å². The van der Waals surface area contributed by atoms with Gasteiger partial charge in [0.2, 0.25) is 0 Å². The number of thioether (sulfide) groups is 1. The third-order valence-electron chi connectivity index (χ3n) is 2.46. The fourth-order valence-corrected chi connectivity index (χ4v) is 2.46. The molecule has 16 heavy (non-hydrogen) atoms. The first kappa shape index (κ1) is 13.0. The summed E-state index contributed by atoms with van der Waals surface area (Å²) in [6.07, 6.45) is 1.09. The van der Waals surface area contributed by atoms with Crippen LogP contribution in [-0.2, 0) is 0 Å². The maximum absolute atomic E-state index is 13.5. The molecule has 3 N–H and O–H groups in total. The Balaban J connectivity index is 2.87. The molecule has 0 aliphatic carbocycles. The van der Waals surface area contributed by atoms with Crippen molar-refractivity contribution < 1.29 is 4.39 Å². The Morgan fingerprint density at radius 2 is 2.25 bits per heavy atom. The highest BCUT2D eigenvalue weighted by Crippen LogP contribution is 2.26. The van der Waals surface area contributed by atoms with Gasteiger partial charge in [-0.1, -0.05) is 26.3 Å². The van der Waals surface area contributed by atoms with E-state index in [-0.39, 0.29) is 11.4 Å². The molecule has 1 unspecified atom stereocenters. The lowest BCUT2D eigenvalue weighted by Crippen LogP contribution is -2.14. The molecule has 1 rings (SSSR count). The van der Waals surface area contributed by atoms with Crippen LogP contribution >= 0.6 is 11.8 Å². The number of nitrogens with one attached hydrogen (secondary N) is 1. The van der Waals surface area contributed by atoms with E-state index in [4.69, 9.17) is 11.1 Å². The number of nitrogens with two attached hydrogens (primary N) is 1. The standard InChI is InChI=1S/C12H17FN2S/c1-3-8(2)7-16-10-6-4-5-9(13)11(10)12(14)15/h4-6,8H,3,7H2,1-2H3,(H3,14,15). The summed E-state index contributed by atoms with van der Waals surface area (Å²) < 4.78 is 13.5. The molecule has 0 saturated heterocycles. The molecular formula is C12H17FN2S. The Labute approximate surface area is 99.9 Å². The van der Waals surface area contributed by atoms with E-state index < -0.39 is 5.82 Å². The van der Waals surface area contributed by atoms with Crippen LogP contribution in [0.3, 0.4) is 0 Å². The molecule has 0 heterocycles. The van der Waals surface area contributed by atoms with Gasteiger partial charge in [0.05, 0.1) is 5.56 Å². The molecule has 0 aromatic heterocycles. The highest BCUT2D eigenvalue weighted by Gasteiger charge is 2.12. The number of rotatable bonds is 5. The summed E-state index contributed by atoms with van der Waals surface area (Å²) in [6, 6.07) is 4.80. The molecule has 2 nitrogen and oxygen atoms in total. The number of hydrogen-bond donors (Lipinski definition) is 2. The van der Waals surface area contributed by atoms with Crippen molar-refractivity contribution in [2.45, 2.75) is 25.2 Å². The summed E-state index contributed by atoms with van der Waals surface area (Å²) in [7, 11) is 0. The van der Waals surface area contributed by atoms with Gasteiger partial charge in [-0.25, -0.2) is 4.39 Å². The van der Waals surface area contributed by atoms with E-state index >= 15 is 0 Å². The van der Waals surface area contributed by atoms with Crippen molar-refractivity contribution in [2.24, 2.45) is 11.7 Å². The summed E-state index contributed by atoms with van der Waals surface area (Å²) in [4.78, 5) is 0.757. The first-order valence-electron chi connectivity index (χ1n) is 5.32. The van der Waals surface area contributed by atoms with Gasteiger partial charge < -0.3 is 5.73 Å². The van der Waals surface area contributed by atoms with Gasteiger partial charge in [-0.15, -0.1) is 11.8 Å². The Bertz CT molecular complexity index is 379. The van der Waals surface area contributed by atoms with E-state index in [1.54, 1.807) is 17.8 Å². The normalized spacial score (nSPS) is 12.4. The second-order valence-corrected chi connectivity index (χ2v) is 4.91. The van der Waals surface area contributed by atoms with Crippen LogP contribution in [0, 0.1) is 17.1 Å². The van der Waals surface area contributed by atoms with Crippen LogP contribution in [0.2, 0.25) is 0 Å². The van der Waals surface area contributed by atoms with Crippen molar-refractivity contribution >= 4 is 17.6 Å². The second-order valence-electron chi connectivity index (χ2n) is 3.85. The molecule has 0 aliphatic rings. The highest BCUT2D eigenvalue weighted by atomic mass is 32.2. The average Bonchev–Trinajstić information content (AvgIpc) is 2.25. The molecule has 0 fully saturated rings. The Morgan fingerprint density at radius 3 is 2.81 bits per heavy atom. The monoisotopic (exact) mass is 240 g/mol. The van der Waals surface area contributed by atoms with Gasteiger partial charge in [0.25, 0.3) is 0 Å². The van der Waals surface area contributed by atoms with E-state index in [0.29, 0.717) is 5.92 Å². The molecule has 0 aliphatic heterocycles. The van der Waals surface area contributed by atoms with Crippen molar-refractivity contribution in [3.63, 3.8) is 0 Å². The zero-order valence-corrected chi connectivity index (χ0v) is 10.4. The maximum atomic E-state index is 13.5. The topological polar surface area (TPSA) is 49.9 Å². The van der Waals surface area contributed by atoms with E-state index in [9.17, 15) is 4.39 Å². The Morgan fingerprint density at radius 1 is 1.56 bits per heavy atom. The lowest BCUT2D eigenvalue weighted by molar-refractivity contribution is 0.620. The number of benzene rings is 1. The lowest BCUT2D eigenvalue weighted by atomic mass is 10.2.